The molecule has 2 N–H and O–H groups in total. The molecule has 0 aliphatic heterocycles. The summed E-state index contributed by atoms with van der Waals surface area (Å²) in [6.45, 7) is 1.92. The molecule has 0 spiro atoms. The van der Waals surface area contributed by atoms with Crippen molar-refractivity contribution >= 4 is 23.5 Å². The molecule has 0 aliphatic rings. The smallest absolute Gasteiger partial charge is 0.328 e. The highest BCUT2D eigenvalue weighted by Gasteiger charge is 2.02. The van der Waals surface area contributed by atoms with Gasteiger partial charge in [0.25, 0.3) is 0 Å². The van der Waals surface area contributed by atoms with Gasteiger partial charge in [-0.25, -0.2) is 9.59 Å². The average Bonchev–Trinajstić information content (AvgIpc) is 2.71. The molecule has 7 nitrogen and oxygen atoms in total. The Morgan fingerprint density at radius 1 is 0.690 bits per heavy atom. The van der Waals surface area contributed by atoms with E-state index in [0.29, 0.717) is 16.9 Å². The van der Waals surface area contributed by atoms with E-state index in [2.05, 4.69) is 0 Å². The Labute approximate surface area is 167 Å². The van der Waals surface area contributed by atoms with Gasteiger partial charge in [0, 0.05) is 23.3 Å². The van der Waals surface area contributed by atoms with E-state index in [1.54, 1.807) is 36.4 Å². The number of hydrogen-bond acceptors (Lipinski definition) is 5. The molecule has 0 fully saturated rings. The van der Waals surface area contributed by atoms with Crippen LogP contribution in [-0.2, 0) is 9.59 Å². The van der Waals surface area contributed by atoms with Crippen LogP contribution in [0.2, 0.25) is 0 Å². The third-order valence-corrected chi connectivity index (χ3v) is 3.47. The molecule has 2 rings (SSSR count). The topological polar surface area (TPSA) is 118 Å². The van der Waals surface area contributed by atoms with Crippen LogP contribution in [0.1, 0.15) is 26.3 Å². The van der Waals surface area contributed by atoms with Crippen molar-refractivity contribution in [3.63, 3.8) is 0 Å². The van der Waals surface area contributed by atoms with Gasteiger partial charge < -0.3 is 14.9 Å². The van der Waals surface area contributed by atoms with Gasteiger partial charge in [-0.1, -0.05) is 29.8 Å². The summed E-state index contributed by atoms with van der Waals surface area (Å²) in [5.41, 5.74) is 1.98. The van der Waals surface area contributed by atoms with Crippen LogP contribution >= 0.6 is 0 Å². The van der Waals surface area contributed by atoms with E-state index >= 15 is 0 Å². The second-order valence-electron chi connectivity index (χ2n) is 5.67. The molecule has 2 aromatic rings. The van der Waals surface area contributed by atoms with Gasteiger partial charge in [-0.05, 0) is 43.3 Å². The van der Waals surface area contributed by atoms with Crippen molar-refractivity contribution in [2.24, 2.45) is 0 Å². The van der Waals surface area contributed by atoms with Crippen LogP contribution in [0.5, 0.6) is 5.75 Å². The number of carbonyl (C=O) groups is 4. The van der Waals surface area contributed by atoms with Crippen LogP contribution < -0.4 is 4.74 Å². The average molecular weight is 396 g/mol. The van der Waals surface area contributed by atoms with Crippen molar-refractivity contribution < 1.29 is 34.1 Å². The molecular weight excluding hydrogens is 376 g/mol. The predicted molar refractivity (Wildman–Crippen MR) is 106 cm³/mol. The molecule has 0 saturated carbocycles. The zero-order chi connectivity index (χ0) is 21.8. The van der Waals surface area contributed by atoms with Crippen molar-refractivity contribution in [3.05, 3.63) is 89.5 Å². The number of rotatable bonds is 7. The summed E-state index contributed by atoms with van der Waals surface area (Å²) in [6, 6.07) is 13.4. The van der Waals surface area contributed by atoms with E-state index in [0.717, 1.165) is 29.9 Å². The first-order valence-corrected chi connectivity index (χ1v) is 8.34. The molecule has 7 heteroatoms. The number of hydrogen-bond donors (Lipinski definition) is 2. The Kier molecular flexibility index (Phi) is 9.26. The van der Waals surface area contributed by atoms with Crippen LogP contribution in [0, 0.1) is 6.92 Å². The number of benzene rings is 2. The van der Waals surface area contributed by atoms with E-state index in [9.17, 15) is 19.2 Å². The molecule has 0 aromatic heterocycles. The van der Waals surface area contributed by atoms with Crippen molar-refractivity contribution in [2.75, 3.05) is 7.11 Å². The maximum Gasteiger partial charge on any atom is 0.328 e. The number of ketones is 2. The van der Waals surface area contributed by atoms with E-state index < -0.39 is 11.9 Å². The summed E-state index contributed by atoms with van der Waals surface area (Å²) in [6.07, 6.45) is 3.71. The maximum absolute atomic E-state index is 11.4. The van der Waals surface area contributed by atoms with Crippen LogP contribution in [0.3, 0.4) is 0 Å². The minimum atomic E-state index is -1.14. The van der Waals surface area contributed by atoms with E-state index in [1.807, 2.05) is 19.1 Å². The van der Waals surface area contributed by atoms with E-state index in [4.69, 9.17) is 14.9 Å². The van der Waals surface area contributed by atoms with Gasteiger partial charge in [0.05, 0.1) is 7.11 Å². The highest BCUT2D eigenvalue weighted by molar-refractivity contribution is 6.07. The lowest BCUT2D eigenvalue weighted by Gasteiger charge is -1.99. The Morgan fingerprint density at radius 2 is 1.07 bits per heavy atom. The van der Waals surface area contributed by atoms with Crippen molar-refractivity contribution in [1.82, 2.24) is 0 Å². The Balaban J connectivity index is 0.000000291. The standard InChI is InChI=1S/C11H10O4.C11H10O3/c1-15-9-4-2-8(3-5-9)10(12)6-7-11(13)14;1-8-2-4-9(5-3-8)10(12)6-7-11(13)14/h2-7H,1H3,(H,13,14);2-7H,1H3,(H,13,14)/b2*7-6+. The number of aryl methyl sites for hydroxylation is 1. The Morgan fingerprint density at radius 3 is 1.41 bits per heavy atom. The van der Waals surface area contributed by atoms with Crippen LogP contribution in [0.25, 0.3) is 0 Å². The summed E-state index contributed by atoms with van der Waals surface area (Å²) in [4.78, 5) is 43.0. The Bertz CT molecular complexity index is 921. The number of ether oxygens (including phenoxy) is 1. The quantitative estimate of drug-likeness (QED) is 0.544. The SMILES string of the molecule is COc1ccc(C(=O)/C=C/C(=O)O)cc1.Cc1ccc(C(=O)/C=C/C(=O)O)cc1. The van der Waals surface area contributed by atoms with Gasteiger partial charge in [-0.3, -0.25) is 9.59 Å². The fourth-order valence-corrected chi connectivity index (χ4v) is 1.96. The minimum Gasteiger partial charge on any atom is -0.497 e. The van der Waals surface area contributed by atoms with Crippen LogP contribution in [0.4, 0.5) is 0 Å². The van der Waals surface area contributed by atoms with E-state index in [-0.39, 0.29) is 11.6 Å². The molecule has 0 bridgehead atoms. The van der Waals surface area contributed by atoms with E-state index in [1.165, 1.54) is 7.11 Å². The highest BCUT2D eigenvalue weighted by atomic mass is 16.5. The molecule has 0 radical (unpaired) electrons. The molecule has 29 heavy (non-hydrogen) atoms. The second kappa shape index (κ2) is 11.7. The minimum absolute atomic E-state index is 0.299. The monoisotopic (exact) mass is 396 g/mol. The third-order valence-electron chi connectivity index (χ3n) is 3.47. The predicted octanol–water partition coefficient (Wildman–Crippen LogP) is 3.34. The van der Waals surface area contributed by atoms with Crippen LogP contribution in [0.15, 0.2) is 72.8 Å². The number of methoxy groups -OCH3 is 1. The molecular formula is C22H20O7. The molecule has 0 amide bonds. The number of aliphatic carboxylic acids is 2. The number of allylic oxidation sites excluding steroid dienone is 2. The molecule has 0 heterocycles. The first-order valence-electron chi connectivity index (χ1n) is 8.34. The zero-order valence-electron chi connectivity index (χ0n) is 15.9. The number of carboxylic acids is 2. The lowest BCUT2D eigenvalue weighted by atomic mass is 10.1. The molecule has 0 atom stereocenters. The zero-order valence-corrected chi connectivity index (χ0v) is 15.9. The summed E-state index contributed by atoms with van der Waals surface area (Å²) in [7, 11) is 1.53. The maximum atomic E-state index is 11.4. The van der Waals surface area contributed by atoms with Crippen molar-refractivity contribution in [3.8, 4) is 5.75 Å². The van der Waals surface area contributed by atoms with Gasteiger partial charge in [-0.2, -0.15) is 0 Å². The molecule has 2 aromatic carbocycles. The fraction of sp³-hybridized carbons (Fsp3) is 0.0909. The first kappa shape index (κ1) is 23.0. The van der Waals surface area contributed by atoms with Gasteiger partial charge in [0.15, 0.2) is 11.6 Å². The van der Waals surface area contributed by atoms with Crippen molar-refractivity contribution in [1.29, 1.82) is 0 Å². The molecule has 0 aliphatic carbocycles. The first-order chi connectivity index (χ1) is 13.7. The number of carboxylic acid groups (broad SMARTS) is 2. The van der Waals surface area contributed by atoms with Crippen LogP contribution in [-0.4, -0.2) is 40.8 Å². The molecule has 0 saturated heterocycles. The van der Waals surface area contributed by atoms with Gasteiger partial charge in [0.1, 0.15) is 5.75 Å². The summed E-state index contributed by atoms with van der Waals surface area (Å²) in [5.74, 6) is -2.26. The number of carbonyl (C=O) groups excluding carboxylic acids is 2. The van der Waals surface area contributed by atoms with Crippen molar-refractivity contribution in [2.45, 2.75) is 6.92 Å². The van der Waals surface area contributed by atoms with Gasteiger partial charge in [0.2, 0.25) is 0 Å². The summed E-state index contributed by atoms with van der Waals surface area (Å²) < 4.78 is 4.92. The van der Waals surface area contributed by atoms with Gasteiger partial charge in [-0.15, -0.1) is 0 Å². The second-order valence-corrected chi connectivity index (χ2v) is 5.67. The summed E-state index contributed by atoms with van der Waals surface area (Å²) in [5, 5.41) is 16.6. The molecule has 150 valence electrons. The molecule has 0 unspecified atom stereocenters. The fourth-order valence-electron chi connectivity index (χ4n) is 1.96. The van der Waals surface area contributed by atoms with Gasteiger partial charge >= 0.3 is 11.9 Å². The Hall–Kier alpha value is -4.00. The third kappa shape index (κ3) is 8.96. The summed E-state index contributed by atoms with van der Waals surface area (Å²) >= 11 is 0. The highest BCUT2D eigenvalue weighted by Crippen LogP contribution is 2.11. The lowest BCUT2D eigenvalue weighted by molar-refractivity contribution is -0.132. The lowest BCUT2D eigenvalue weighted by Crippen LogP contribution is -1.96. The normalized spacial score (nSPS) is 10.3. The largest absolute Gasteiger partial charge is 0.497 e.